The molecule has 1 aliphatic heterocycles. The third-order valence-corrected chi connectivity index (χ3v) is 7.67. The molecule has 4 rings (SSSR count). The maximum Gasteiger partial charge on any atom is 0.234 e. The van der Waals surface area contributed by atoms with Gasteiger partial charge in [-0.15, -0.1) is 23.1 Å². The molecule has 3 N–H and O–H groups in total. The van der Waals surface area contributed by atoms with Crippen molar-refractivity contribution in [1.82, 2.24) is 15.6 Å². The first-order chi connectivity index (χ1) is 15.4. The molecule has 3 aromatic rings. The fourth-order valence-electron chi connectivity index (χ4n) is 3.71. The number of amides is 2. The van der Waals surface area contributed by atoms with Crippen molar-refractivity contribution in [3.8, 4) is 10.6 Å². The Hall–Kier alpha value is -2.68. The van der Waals surface area contributed by atoms with Gasteiger partial charge in [0.05, 0.1) is 17.5 Å². The first-order valence-electron chi connectivity index (χ1n) is 10.5. The molecule has 6 nitrogen and oxygen atoms in total. The molecule has 0 bridgehead atoms. The summed E-state index contributed by atoms with van der Waals surface area (Å²) < 4.78 is 0. The van der Waals surface area contributed by atoms with Gasteiger partial charge in [-0.05, 0) is 31.9 Å². The number of thioether (sulfide) groups is 1. The minimum absolute atomic E-state index is 0.0320. The second-order valence-electron chi connectivity index (χ2n) is 7.83. The van der Waals surface area contributed by atoms with Crippen molar-refractivity contribution < 1.29 is 9.59 Å². The fourth-order valence-corrected chi connectivity index (χ4v) is 5.71. The van der Waals surface area contributed by atoms with E-state index in [9.17, 15) is 9.59 Å². The zero-order valence-corrected chi connectivity index (χ0v) is 19.9. The summed E-state index contributed by atoms with van der Waals surface area (Å²) >= 11 is 2.99. The van der Waals surface area contributed by atoms with Gasteiger partial charge in [0.25, 0.3) is 0 Å². The number of carbonyl (C=O) groups is 2. The van der Waals surface area contributed by atoms with E-state index in [4.69, 9.17) is 4.98 Å². The van der Waals surface area contributed by atoms with Crippen molar-refractivity contribution in [3.63, 3.8) is 0 Å². The Kier molecular flexibility index (Phi) is 6.93. The van der Waals surface area contributed by atoms with Crippen molar-refractivity contribution in [1.29, 1.82) is 0 Å². The molecular formula is C24H26N4O2S2. The van der Waals surface area contributed by atoms with E-state index in [1.807, 2.05) is 69.3 Å². The molecule has 0 spiro atoms. The third-order valence-electron chi connectivity index (χ3n) is 5.33. The number of thiazole rings is 1. The van der Waals surface area contributed by atoms with Gasteiger partial charge in [0.15, 0.2) is 0 Å². The monoisotopic (exact) mass is 466 g/mol. The van der Waals surface area contributed by atoms with Gasteiger partial charge in [0.2, 0.25) is 11.8 Å². The molecule has 1 saturated heterocycles. The topological polar surface area (TPSA) is 83.1 Å². The van der Waals surface area contributed by atoms with E-state index in [1.54, 1.807) is 11.3 Å². The van der Waals surface area contributed by atoms with Crippen LogP contribution in [0.4, 0.5) is 5.69 Å². The van der Waals surface area contributed by atoms with Crippen LogP contribution >= 0.6 is 23.1 Å². The number of nitrogens with zero attached hydrogens (tertiary/aromatic N) is 1. The lowest BCUT2D eigenvalue weighted by atomic mass is 10.1. The maximum absolute atomic E-state index is 12.5. The number of aryl methyl sites for hydroxylation is 3. The van der Waals surface area contributed by atoms with E-state index in [1.165, 1.54) is 11.8 Å². The number of benzene rings is 2. The molecule has 2 unspecified atom stereocenters. The Balaban J connectivity index is 1.40. The lowest BCUT2D eigenvalue weighted by molar-refractivity contribution is -0.123. The van der Waals surface area contributed by atoms with Crippen LogP contribution in [-0.2, 0) is 9.59 Å². The average Bonchev–Trinajstić information content (AvgIpc) is 3.17. The number of carbonyl (C=O) groups excluding carboxylic acids is 2. The minimum Gasteiger partial charge on any atom is -0.332 e. The van der Waals surface area contributed by atoms with E-state index in [0.29, 0.717) is 6.42 Å². The third kappa shape index (κ3) is 5.20. The van der Waals surface area contributed by atoms with Gasteiger partial charge >= 0.3 is 0 Å². The van der Waals surface area contributed by atoms with E-state index in [2.05, 4.69) is 16.0 Å². The predicted octanol–water partition coefficient (Wildman–Crippen LogP) is 4.54. The second kappa shape index (κ2) is 9.85. The lowest BCUT2D eigenvalue weighted by Gasteiger charge is -2.30. The molecule has 2 aromatic carbocycles. The number of hydrogen-bond acceptors (Lipinski definition) is 6. The predicted molar refractivity (Wildman–Crippen MR) is 132 cm³/mol. The van der Waals surface area contributed by atoms with Gasteiger partial charge in [-0.25, -0.2) is 4.98 Å². The first-order valence-corrected chi connectivity index (χ1v) is 12.3. The normalized spacial score (nSPS) is 18.3. The molecule has 0 aliphatic carbocycles. The van der Waals surface area contributed by atoms with E-state index >= 15 is 0 Å². The molecule has 2 heterocycles. The van der Waals surface area contributed by atoms with Crippen LogP contribution in [0.1, 0.15) is 34.2 Å². The molecule has 32 heavy (non-hydrogen) atoms. The van der Waals surface area contributed by atoms with Crippen LogP contribution in [0, 0.1) is 20.8 Å². The maximum atomic E-state index is 12.5. The highest BCUT2D eigenvalue weighted by Crippen LogP contribution is 2.35. The zero-order valence-electron chi connectivity index (χ0n) is 18.3. The summed E-state index contributed by atoms with van der Waals surface area (Å²) in [6.07, 6.45) is 0.350. The van der Waals surface area contributed by atoms with E-state index < -0.39 is 0 Å². The Bertz CT molecular complexity index is 1110. The number of para-hydroxylation sites is 1. The smallest absolute Gasteiger partial charge is 0.234 e. The van der Waals surface area contributed by atoms with Crippen LogP contribution in [0.25, 0.3) is 10.6 Å². The Morgan fingerprint density at radius 2 is 1.84 bits per heavy atom. The number of rotatable bonds is 6. The summed E-state index contributed by atoms with van der Waals surface area (Å²) in [5.41, 5.74) is 4.57. The highest BCUT2D eigenvalue weighted by atomic mass is 32.2. The van der Waals surface area contributed by atoms with Crippen molar-refractivity contribution in [3.05, 3.63) is 70.2 Å². The van der Waals surface area contributed by atoms with Crippen molar-refractivity contribution in [2.45, 2.75) is 38.7 Å². The van der Waals surface area contributed by atoms with Crippen LogP contribution in [-0.4, -0.2) is 28.0 Å². The van der Waals surface area contributed by atoms with Crippen LogP contribution in [0.5, 0.6) is 0 Å². The molecule has 8 heteroatoms. The summed E-state index contributed by atoms with van der Waals surface area (Å²) in [4.78, 5) is 30.7. The van der Waals surface area contributed by atoms with Gasteiger partial charge in [-0.2, -0.15) is 0 Å². The molecule has 166 valence electrons. The average molecular weight is 467 g/mol. The number of hydrogen-bond donors (Lipinski definition) is 3. The fraction of sp³-hybridized carbons (Fsp3) is 0.292. The summed E-state index contributed by atoms with van der Waals surface area (Å²) in [6, 6.07) is 15.8. The summed E-state index contributed by atoms with van der Waals surface area (Å²) in [5.74, 6) is 0.108. The summed E-state index contributed by atoms with van der Waals surface area (Å²) in [7, 11) is 0. The number of nitrogens with one attached hydrogen (secondary N) is 3. The van der Waals surface area contributed by atoms with Crippen LogP contribution in [0.2, 0.25) is 0 Å². The zero-order chi connectivity index (χ0) is 22.7. The van der Waals surface area contributed by atoms with Gasteiger partial charge in [-0.1, -0.05) is 48.5 Å². The molecule has 1 aromatic heterocycles. The van der Waals surface area contributed by atoms with Gasteiger partial charge in [0.1, 0.15) is 10.5 Å². The van der Waals surface area contributed by atoms with Crippen molar-refractivity contribution in [2.75, 3.05) is 11.1 Å². The highest BCUT2D eigenvalue weighted by molar-refractivity contribution is 8.00. The second-order valence-corrected chi connectivity index (χ2v) is 9.96. The molecule has 1 aliphatic rings. The Morgan fingerprint density at radius 1 is 1.12 bits per heavy atom. The van der Waals surface area contributed by atoms with Crippen LogP contribution < -0.4 is 16.0 Å². The van der Waals surface area contributed by atoms with Crippen molar-refractivity contribution in [2.24, 2.45) is 0 Å². The molecule has 1 fully saturated rings. The standard InChI is InChI=1S/C24H26N4O2S2/c1-14-8-7-9-15(2)21(14)27-20(30)13-31-24-26-18(12-19(29)28-24)22-16(3)25-23(32-22)17-10-5-4-6-11-17/h4-11,18,24,26H,12-13H2,1-3H3,(H,27,30)(H,28,29). The summed E-state index contributed by atoms with van der Waals surface area (Å²) in [6.45, 7) is 5.93. The van der Waals surface area contributed by atoms with E-state index in [0.717, 1.165) is 38.0 Å². The quantitative estimate of drug-likeness (QED) is 0.497. The van der Waals surface area contributed by atoms with Gasteiger partial charge < -0.3 is 10.6 Å². The summed E-state index contributed by atoms with van der Waals surface area (Å²) in [5, 5.41) is 10.3. The Morgan fingerprint density at radius 3 is 2.56 bits per heavy atom. The minimum atomic E-state index is -0.341. The molecule has 2 atom stereocenters. The van der Waals surface area contributed by atoms with Gasteiger partial charge in [-0.3, -0.25) is 14.9 Å². The van der Waals surface area contributed by atoms with Gasteiger partial charge in [0, 0.05) is 22.5 Å². The number of anilines is 1. The Labute approximate surface area is 196 Å². The highest BCUT2D eigenvalue weighted by Gasteiger charge is 2.30. The van der Waals surface area contributed by atoms with Crippen molar-refractivity contribution >= 4 is 40.6 Å². The molecule has 2 amide bonds. The first kappa shape index (κ1) is 22.5. The molecule has 0 saturated carbocycles. The lowest BCUT2D eigenvalue weighted by Crippen LogP contribution is -2.51. The van der Waals surface area contributed by atoms with E-state index in [-0.39, 0.29) is 29.1 Å². The molecular weight excluding hydrogens is 440 g/mol. The van der Waals surface area contributed by atoms with Crippen LogP contribution in [0.3, 0.4) is 0 Å². The number of aromatic nitrogens is 1. The largest absolute Gasteiger partial charge is 0.332 e. The SMILES string of the molecule is Cc1cccc(C)c1NC(=O)CSC1NC(=O)CC(c2sc(-c3ccccc3)nc2C)N1. The molecule has 0 radical (unpaired) electrons. The van der Waals surface area contributed by atoms with Crippen LogP contribution in [0.15, 0.2) is 48.5 Å².